The van der Waals surface area contributed by atoms with E-state index in [1.54, 1.807) is 0 Å². The van der Waals surface area contributed by atoms with Crippen molar-refractivity contribution in [2.75, 3.05) is 20.8 Å². The Labute approximate surface area is 254 Å². The maximum atomic E-state index is 12.6. The van der Waals surface area contributed by atoms with Crippen LogP contribution in [0.15, 0.2) is 57.0 Å². The van der Waals surface area contributed by atoms with Gasteiger partial charge in [-0.05, 0) is 30.7 Å². The van der Waals surface area contributed by atoms with Crippen LogP contribution < -0.4 is 5.32 Å². The molecule has 0 aliphatic carbocycles. The number of unbranched alkanes of at least 4 members (excludes halogenated alkanes) is 10. The van der Waals surface area contributed by atoms with E-state index in [-0.39, 0.29) is 5.91 Å². The van der Waals surface area contributed by atoms with Crippen molar-refractivity contribution in [3.05, 3.63) is 52.0 Å². The second-order valence-electron chi connectivity index (χ2n) is 8.39. The molecule has 0 aliphatic heterocycles. The molecule has 2 N–H and O–H groups in total. The Morgan fingerprint density at radius 2 is 1.36 bits per heavy atom. The van der Waals surface area contributed by atoms with Crippen LogP contribution >= 0.6 is 0 Å². The van der Waals surface area contributed by atoms with Gasteiger partial charge >= 0.3 is 5.97 Å². The molecule has 0 fully saturated rings. The molecule has 0 aromatic carbocycles. The van der Waals surface area contributed by atoms with Gasteiger partial charge in [0.2, 0.25) is 0 Å². The molecule has 246 valence electrons. The number of nitrogens with one attached hydrogen (secondary N) is 1. The minimum atomic E-state index is -0.880. The number of hydrogen-bond donors (Lipinski definition) is 2. The molecule has 0 heterocycles. The number of esters is 1. The summed E-state index contributed by atoms with van der Waals surface area (Å²) in [5, 5.41) is 20.0. The van der Waals surface area contributed by atoms with E-state index < -0.39 is 18.1 Å². The SMILES string of the molecule is C=C.C=C.C=C.CCCCCCCCCCCCC(OOOO/C=C\O)C(=O)NCCCCC(N=COC)C(=O)OC. The molecule has 0 aromatic rings. The van der Waals surface area contributed by atoms with Gasteiger partial charge in [-0.25, -0.2) is 9.79 Å². The molecule has 2 atom stereocenters. The largest absolute Gasteiger partial charge is 0.512 e. The molecule has 1 amide bonds. The smallest absolute Gasteiger partial charge is 0.330 e. The average molecular weight is 603 g/mol. The monoisotopic (exact) mass is 602 g/mol. The van der Waals surface area contributed by atoms with Gasteiger partial charge < -0.3 is 24.8 Å². The first kappa shape index (κ1) is 45.8. The molecule has 0 aromatic heterocycles. The van der Waals surface area contributed by atoms with Crippen molar-refractivity contribution < 1.29 is 44.0 Å². The predicted octanol–water partition coefficient (Wildman–Crippen LogP) is 7.42. The zero-order valence-corrected chi connectivity index (χ0v) is 26.4. The molecule has 0 spiro atoms. The zero-order valence-electron chi connectivity index (χ0n) is 26.4. The van der Waals surface area contributed by atoms with Gasteiger partial charge in [0.15, 0.2) is 24.8 Å². The van der Waals surface area contributed by atoms with Crippen LogP contribution in [0.25, 0.3) is 0 Å². The minimum Gasteiger partial charge on any atom is -0.512 e. The zero-order chi connectivity index (χ0) is 32.7. The van der Waals surface area contributed by atoms with Crippen LogP contribution in [-0.4, -0.2) is 56.3 Å². The lowest BCUT2D eigenvalue weighted by Crippen LogP contribution is -2.37. The van der Waals surface area contributed by atoms with Crippen LogP contribution in [0.3, 0.4) is 0 Å². The molecule has 11 nitrogen and oxygen atoms in total. The standard InChI is InChI=1S/C25H46N2O9.3C2H4/c1-4-5-6-7-8-9-10-11-12-13-17-23(34-36-35-33-20-19-28)24(29)26-18-15-14-16-22(25(30)32-3)27-21-31-2;3*1-2/h19-23,28H,4-18H2,1-3H3,(H,26,29);3*1-2H2/b20-19-,27-21?;;;. The second kappa shape index (κ2) is 42.3. The summed E-state index contributed by atoms with van der Waals surface area (Å²) in [7, 11) is 2.76. The fourth-order valence-corrected chi connectivity index (χ4v) is 3.48. The Hall–Kier alpha value is -3.15. The first-order valence-electron chi connectivity index (χ1n) is 14.4. The number of rotatable bonds is 25. The number of hydrogen-bond acceptors (Lipinski definition) is 10. The number of methoxy groups -OCH3 is 2. The summed E-state index contributed by atoms with van der Waals surface area (Å²) in [5.41, 5.74) is 0. The quantitative estimate of drug-likeness (QED) is 0.0160. The van der Waals surface area contributed by atoms with Crippen molar-refractivity contribution in [1.29, 1.82) is 0 Å². The van der Waals surface area contributed by atoms with Gasteiger partial charge in [0.05, 0.1) is 14.2 Å². The molecule has 42 heavy (non-hydrogen) atoms. The topological polar surface area (TPSA) is 134 Å². The number of aliphatic hydroxyl groups is 1. The van der Waals surface area contributed by atoms with Crippen molar-refractivity contribution in [2.45, 2.75) is 109 Å². The maximum absolute atomic E-state index is 12.6. The van der Waals surface area contributed by atoms with Crippen LogP contribution in [0.2, 0.25) is 0 Å². The minimum absolute atomic E-state index is 0.339. The molecule has 0 saturated heterocycles. The fraction of sp³-hybridized carbons (Fsp3) is 0.645. The number of aliphatic imine (C=N–C) groups is 1. The number of carbonyl (C=O) groups is 2. The molecular formula is C31H58N2O9. The summed E-state index contributed by atoms with van der Waals surface area (Å²) < 4.78 is 9.50. The number of carbonyl (C=O) groups excluding carboxylic acids is 2. The first-order valence-corrected chi connectivity index (χ1v) is 14.4. The normalized spacial score (nSPS) is 11.5. The van der Waals surface area contributed by atoms with Gasteiger partial charge in [0, 0.05) is 11.6 Å². The lowest BCUT2D eigenvalue weighted by atomic mass is 10.0. The molecule has 0 radical (unpaired) electrons. The lowest BCUT2D eigenvalue weighted by molar-refractivity contribution is -0.627. The van der Waals surface area contributed by atoms with Gasteiger partial charge in [-0.3, -0.25) is 4.79 Å². The third-order valence-corrected chi connectivity index (χ3v) is 5.47. The summed E-state index contributed by atoms with van der Waals surface area (Å²) in [5.74, 6) is -0.776. The van der Waals surface area contributed by atoms with E-state index in [0.29, 0.717) is 38.5 Å². The van der Waals surface area contributed by atoms with E-state index in [4.69, 9.17) is 19.5 Å². The molecular weight excluding hydrogens is 544 g/mol. The Morgan fingerprint density at radius 3 is 1.88 bits per heavy atom. The lowest BCUT2D eigenvalue weighted by Gasteiger charge is -2.15. The number of amides is 1. The average Bonchev–Trinajstić information content (AvgIpc) is 3.04. The number of aliphatic hydroxyl groups excluding tert-OH is 1. The fourth-order valence-electron chi connectivity index (χ4n) is 3.48. The third-order valence-electron chi connectivity index (χ3n) is 5.47. The van der Waals surface area contributed by atoms with Gasteiger partial charge in [-0.2, -0.15) is 4.89 Å². The summed E-state index contributed by atoms with van der Waals surface area (Å²) in [4.78, 5) is 37.7. The van der Waals surface area contributed by atoms with E-state index in [2.05, 4.69) is 71.7 Å². The maximum Gasteiger partial charge on any atom is 0.330 e. The summed E-state index contributed by atoms with van der Waals surface area (Å²) >= 11 is 0. The van der Waals surface area contributed by atoms with Gasteiger partial charge in [-0.1, -0.05) is 71.1 Å². The highest BCUT2D eigenvalue weighted by Crippen LogP contribution is 2.14. The molecule has 0 aliphatic rings. The van der Waals surface area contributed by atoms with Crippen molar-refractivity contribution >= 4 is 18.3 Å². The molecule has 0 rings (SSSR count). The van der Waals surface area contributed by atoms with Crippen LogP contribution in [-0.2, 0) is 38.9 Å². The van der Waals surface area contributed by atoms with E-state index in [0.717, 1.165) is 25.5 Å². The molecule has 0 bridgehead atoms. The Morgan fingerprint density at radius 1 is 0.810 bits per heavy atom. The van der Waals surface area contributed by atoms with E-state index >= 15 is 0 Å². The summed E-state index contributed by atoms with van der Waals surface area (Å²) in [6.45, 7) is 20.6. The van der Waals surface area contributed by atoms with E-state index in [9.17, 15) is 9.59 Å². The summed E-state index contributed by atoms with van der Waals surface area (Å²) in [6, 6.07) is -0.642. The van der Waals surface area contributed by atoms with Gasteiger partial charge in [-0.15, -0.1) is 39.5 Å². The van der Waals surface area contributed by atoms with Crippen LogP contribution in [0.1, 0.15) is 96.8 Å². The highest BCUT2D eigenvalue weighted by Gasteiger charge is 2.21. The highest BCUT2D eigenvalue weighted by molar-refractivity contribution is 5.80. The Bertz CT molecular complexity index is 629. The van der Waals surface area contributed by atoms with Crippen molar-refractivity contribution in [3.8, 4) is 0 Å². The number of nitrogens with zero attached hydrogens (tertiary/aromatic N) is 1. The predicted molar refractivity (Wildman–Crippen MR) is 168 cm³/mol. The van der Waals surface area contributed by atoms with Crippen molar-refractivity contribution in [1.82, 2.24) is 5.32 Å². The molecule has 2 unspecified atom stereocenters. The summed E-state index contributed by atoms with van der Waals surface area (Å²) in [6.07, 6.45) is 15.8. The van der Waals surface area contributed by atoms with E-state index in [1.807, 2.05) is 0 Å². The van der Waals surface area contributed by atoms with Gasteiger partial charge in [0.1, 0.15) is 6.26 Å². The van der Waals surface area contributed by atoms with Crippen molar-refractivity contribution in [2.24, 2.45) is 4.99 Å². The Balaban J connectivity index is -0.00000112. The Kier molecular flexibility index (Phi) is 46.2. The second-order valence-corrected chi connectivity index (χ2v) is 8.39. The van der Waals surface area contributed by atoms with Crippen molar-refractivity contribution in [3.63, 3.8) is 0 Å². The highest BCUT2D eigenvalue weighted by atomic mass is 17.7. The molecule has 11 heteroatoms. The van der Waals surface area contributed by atoms with Crippen LogP contribution in [0.4, 0.5) is 0 Å². The number of ether oxygens (including phenoxy) is 2. The van der Waals surface area contributed by atoms with Crippen LogP contribution in [0, 0.1) is 0 Å². The first-order chi connectivity index (χ1) is 20.6. The van der Waals surface area contributed by atoms with Crippen LogP contribution in [0.5, 0.6) is 0 Å². The van der Waals surface area contributed by atoms with E-state index in [1.165, 1.54) is 65.6 Å². The third kappa shape index (κ3) is 33.1. The molecule has 0 saturated carbocycles. The van der Waals surface area contributed by atoms with Gasteiger partial charge in [0.25, 0.3) is 5.91 Å².